The Labute approximate surface area is 143 Å². The van der Waals surface area contributed by atoms with Gasteiger partial charge in [0.25, 0.3) is 11.5 Å². The van der Waals surface area contributed by atoms with Crippen molar-refractivity contribution in [1.82, 2.24) is 10.3 Å². The molecule has 0 saturated heterocycles. The topological polar surface area (TPSA) is 82.2 Å². The average Bonchev–Trinajstić information content (AvgIpc) is 3.19. The fourth-order valence-corrected chi connectivity index (χ4v) is 4.56. The Morgan fingerprint density at radius 3 is 2.92 bits per heavy atom. The van der Waals surface area contributed by atoms with E-state index in [-0.39, 0.29) is 35.1 Å². The van der Waals surface area contributed by atoms with Gasteiger partial charge in [0.2, 0.25) is 0 Å². The number of rotatable bonds is 4. The summed E-state index contributed by atoms with van der Waals surface area (Å²) in [6, 6.07) is 5.55. The monoisotopic (exact) mass is 344 g/mol. The molecule has 1 amide bonds. The van der Waals surface area contributed by atoms with Crippen LogP contribution >= 0.6 is 11.3 Å². The van der Waals surface area contributed by atoms with Crippen LogP contribution in [-0.4, -0.2) is 22.1 Å². The van der Waals surface area contributed by atoms with Crippen molar-refractivity contribution in [3.05, 3.63) is 55.6 Å². The zero-order valence-electron chi connectivity index (χ0n) is 13.2. The van der Waals surface area contributed by atoms with E-state index < -0.39 is 0 Å². The number of hydrogen-bond acceptors (Lipinski definition) is 4. The molecule has 2 heterocycles. The Kier molecular flexibility index (Phi) is 4.02. The molecule has 0 spiro atoms. The summed E-state index contributed by atoms with van der Waals surface area (Å²) in [5.41, 5.74) is 1.92. The second-order valence-electron chi connectivity index (χ2n) is 6.72. The number of pyridine rings is 1. The number of aryl methyl sites for hydroxylation is 2. The van der Waals surface area contributed by atoms with Gasteiger partial charge in [0.1, 0.15) is 5.56 Å². The summed E-state index contributed by atoms with van der Waals surface area (Å²) in [7, 11) is 0. The minimum Gasteiger partial charge on any atom is -0.393 e. The van der Waals surface area contributed by atoms with Gasteiger partial charge in [-0.15, -0.1) is 11.3 Å². The Morgan fingerprint density at radius 2 is 2.21 bits per heavy atom. The molecule has 1 fully saturated rings. The molecule has 0 bridgehead atoms. The van der Waals surface area contributed by atoms with E-state index in [0.29, 0.717) is 12.8 Å². The van der Waals surface area contributed by atoms with E-state index in [9.17, 15) is 14.7 Å². The van der Waals surface area contributed by atoms with Gasteiger partial charge in [-0.25, -0.2) is 0 Å². The number of fused-ring (bicyclic) bond motifs is 1. The Bertz CT molecular complexity index is 806. The van der Waals surface area contributed by atoms with E-state index in [1.165, 1.54) is 0 Å². The molecule has 0 radical (unpaired) electrons. The minimum atomic E-state index is -0.328. The van der Waals surface area contributed by atoms with Crippen molar-refractivity contribution in [1.29, 1.82) is 0 Å². The van der Waals surface area contributed by atoms with Crippen LogP contribution in [0.4, 0.5) is 0 Å². The highest BCUT2D eigenvalue weighted by atomic mass is 32.1. The maximum absolute atomic E-state index is 12.7. The van der Waals surface area contributed by atoms with Crippen LogP contribution in [0, 0.1) is 5.92 Å². The summed E-state index contributed by atoms with van der Waals surface area (Å²) in [5.74, 6) is -0.109. The average molecular weight is 344 g/mol. The summed E-state index contributed by atoms with van der Waals surface area (Å²) in [5, 5.41) is 14.6. The van der Waals surface area contributed by atoms with Gasteiger partial charge in [0.05, 0.1) is 12.1 Å². The van der Waals surface area contributed by atoms with Crippen LogP contribution in [0.2, 0.25) is 0 Å². The molecule has 1 saturated carbocycles. The quantitative estimate of drug-likeness (QED) is 0.795. The van der Waals surface area contributed by atoms with Crippen LogP contribution in [-0.2, 0) is 12.8 Å². The molecule has 3 N–H and O–H groups in total. The van der Waals surface area contributed by atoms with Gasteiger partial charge in [-0.2, -0.15) is 0 Å². The molecule has 0 unspecified atom stereocenters. The van der Waals surface area contributed by atoms with Gasteiger partial charge in [-0.3, -0.25) is 9.59 Å². The van der Waals surface area contributed by atoms with Crippen molar-refractivity contribution in [3.63, 3.8) is 0 Å². The van der Waals surface area contributed by atoms with E-state index in [4.69, 9.17) is 0 Å². The van der Waals surface area contributed by atoms with E-state index in [0.717, 1.165) is 35.4 Å². The molecule has 126 valence electrons. The third-order valence-corrected chi connectivity index (χ3v) is 6.05. The highest BCUT2D eigenvalue weighted by molar-refractivity contribution is 7.10. The summed E-state index contributed by atoms with van der Waals surface area (Å²) in [4.78, 5) is 28.9. The Balaban J connectivity index is 1.58. The third kappa shape index (κ3) is 2.80. The maximum atomic E-state index is 12.7. The van der Waals surface area contributed by atoms with Crippen molar-refractivity contribution < 1.29 is 9.90 Å². The first-order chi connectivity index (χ1) is 11.6. The van der Waals surface area contributed by atoms with Crippen molar-refractivity contribution >= 4 is 17.2 Å². The number of nitrogens with one attached hydrogen (secondary N) is 2. The number of hydrogen-bond donors (Lipinski definition) is 3. The lowest BCUT2D eigenvalue weighted by molar-refractivity contribution is 0.0241. The predicted octanol–water partition coefficient (Wildman–Crippen LogP) is 2.17. The van der Waals surface area contributed by atoms with Gasteiger partial charge < -0.3 is 15.4 Å². The van der Waals surface area contributed by atoms with Crippen molar-refractivity contribution in [2.75, 3.05) is 0 Å². The summed E-state index contributed by atoms with van der Waals surface area (Å²) >= 11 is 1.59. The SMILES string of the molecule is O=C(N[C@H](c1cccs1)C1CC(O)C1)c1cc2c([nH]c1=O)CCC2. The molecule has 0 aliphatic heterocycles. The molecule has 2 aromatic heterocycles. The predicted molar refractivity (Wildman–Crippen MR) is 92.3 cm³/mol. The van der Waals surface area contributed by atoms with Crippen LogP contribution in [0.15, 0.2) is 28.4 Å². The maximum Gasteiger partial charge on any atom is 0.261 e. The number of aromatic nitrogens is 1. The molecule has 2 aliphatic carbocycles. The molecular formula is C18H20N2O3S. The lowest BCUT2D eigenvalue weighted by atomic mass is 9.76. The number of carbonyl (C=O) groups is 1. The van der Waals surface area contributed by atoms with Gasteiger partial charge in [-0.05, 0) is 61.1 Å². The Morgan fingerprint density at radius 1 is 1.38 bits per heavy atom. The van der Waals surface area contributed by atoms with Gasteiger partial charge in [-0.1, -0.05) is 6.07 Å². The van der Waals surface area contributed by atoms with Crippen molar-refractivity contribution in [3.8, 4) is 0 Å². The Hall–Kier alpha value is -1.92. The number of aromatic amines is 1. The summed E-state index contributed by atoms with van der Waals surface area (Å²) in [6.07, 6.45) is 3.90. The first-order valence-corrected chi connectivity index (χ1v) is 9.27. The lowest BCUT2D eigenvalue weighted by Gasteiger charge is -2.37. The standard InChI is InChI=1S/C18H20N2O3S/c21-12-7-11(8-12)16(15-5-2-6-24-15)20-18(23)13-9-10-3-1-4-14(10)19-17(13)22/h2,5-6,9,11-12,16,21H,1,3-4,7-8H2,(H,19,22)(H,20,23)/t11?,12?,16-/m0/s1. The highest BCUT2D eigenvalue weighted by Gasteiger charge is 2.36. The number of aliphatic hydroxyl groups is 1. The largest absolute Gasteiger partial charge is 0.393 e. The van der Waals surface area contributed by atoms with Crippen molar-refractivity contribution in [2.45, 2.75) is 44.2 Å². The zero-order chi connectivity index (χ0) is 16.7. The molecule has 24 heavy (non-hydrogen) atoms. The van der Waals surface area contributed by atoms with E-state index >= 15 is 0 Å². The van der Waals surface area contributed by atoms with Crippen LogP contribution in [0.3, 0.4) is 0 Å². The smallest absolute Gasteiger partial charge is 0.261 e. The number of amides is 1. The number of thiophene rings is 1. The fraction of sp³-hybridized carbons (Fsp3) is 0.444. The van der Waals surface area contributed by atoms with Crippen LogP contribution < -0.4 is 10.9 Å². The van der Waals surface area contributed by atoms with Crippen LogP contribution in [0.1, 0.15) is 51.8 Å². The summed E-state index contributed by atoms with van der Waals surface area (Å²) in [6.45, 7) is 0. The summed E-state index contributed by atoms with van der Waals surface area (Å²) < 4.78 is 0. The zero-order valence-corrected chi connectivity index (χ0v) is 14.1. The van der Waals surface area contributed by atoms with Crippen molar-refractivity contribution in [2.24, 2.45) is 5.92 Å². The number of aliphatic hydroxyl groups excluding tert-OH is 1. The molecule has 6 heteroatoms. The third-order valence-electron chi connectivity index (χ3n) is 5.09. The number of H-pyrrole nitrogens is 1. The minimum absolute atomic E-state index is 0.145. The number of carbonyl (C=O) groups excluding carboxylic acids is 1. The highest BCUT2D eigenvalue weighted by Crippen LogP contribution is 2.39. The molecule has 2 aromatic rings. The molecule has 2 aliphatic rings. The van der Waals surface area contributed by atoms with E-state index in [1.54, 1.807) is 17.4 Å². The van der Waals surface area contributed by atoms with Crippen LogP contribution in [0.25, 0.3) is 0 Å². The van der Waals surface area contributed by atoms with Gasteiger partial charge in [0.15, 0.2) is 0 Å². The first-order valence-electron chi connectivity index (χ1n) is 8.39. The molecule has 5 nitrogen and oxygen atoms in total. The molecule has 0 aromatic carbocycles. The van der Waals surface area contributed by atoms with E-state index in [2.05, 4.69) is 10.3 Å². The molecule has 1 atom stereocenters. The second-order valence-corrected chi connectivity index (χ2v) is 7.70. The van der Waals surface area contributed by atoms with Gasteiger partial charge in [0, 0.05) is 10.6 Å². The lowest BCUT2D eigenvalue weighted by Crippen LogP contribution is -2.42. The first kappa shape index (κ1) is 15.6. The second kappa shape index (κ2) is 6.18. The normalized spacial score (nSPS) is 23.4. The fourth-order valence-electron chi connectivity index (χ4n) is 3.69. The van der Waals surface area contributed by atoms with E-state index in [1.807, 2.05) is 17.5 Å². The van der Waals surface area contributed by atoms with Gasteiger partial charge >= 0.3 is 0 Å². The van der Waals surface area contributed by atoms with Crippen LogP contribution in [0.5, 0.6) is 0 Å². The molecular weight excluding hydrogens is 324 g/mol. The molecule has 4 rings (SSSR count).